The summed E-state index contributed by atoms with van der Waals surface area (Å²) in [5.41, 5.74) is 0. The Kier molecular flexibility index (Phi) is 7.43. The van der Waals surface area contributed by atoms with Crippen molar-refractivity contribution in [3.63, 3.8) is 0 Å². The minimum absolute atomic E-state index is 0.259. The van der Waals surface area contributed by atoms with Crippen LogP contribution < -0.4 is 5.32 Å². The summed E-state index contributed by atoms with van der Waals surface area (Å²) >= 11 is 0. The van der Waals surface area contributed by atoms with Gasteiger partial charge in [0.1, 0.15) is 6.54 Å². The van der Waals surface area contributed by atoms with Crippen LogP contribution in [0.2, 0.25) is 0 Å². The van der Waals surface area contributed by atoms with Crippen molar-refractivity contribution in [1.29, 1.82) is 0 Å². The van der Waals surface area contributed by atoms with E-state index >= 15 is 0 Å². The Morgan fingerprint density at radius 2 is 1.95 bits per heavy atom. The number of amides is 1. The van der Waals surface area contributed by atoms with Crippen molar-refractivity contribution in [3.8, 4) is 0 Å². The Labute approximate surface area is 110 Å². The normalized spacial score (nSPS) is 12.9. The van der Waals surface area contributed by atoms with Gasteiger partial charge in [-0.2, -0.15) is 13.2 Å². The second kappa shape index (κ2) is 7.98. The van der Waals surface area contributed by atoms with Crippen LogP contribution in [0.3, 0.4) is 0 Å². The van der Waals surface area contributed by atoms with Crippen LogP contribution >= 0.6 is 0 Å². The molecule has 0 saturated heterocycles. The summed E-state index contributed by atoms with van der Waals surface area (Å²) in [6.45, 7) is 0.127. The molecule has 0 fully saturated rings. The number of hydrogen-bond donors (Lipinski definition) is 1. The number of rotatable bonds is 7. The fraction of sp³-hybridized carbons (Fsp3) is 0.818. The maximum Gasteiger partial charge on any atom is 0.406 e. The molecule has 0 aromatic carbocycles. The standard InChI is InChI=1S/C11H19F3N2O3/c1-8(6-15-2)10(18)16(7-11(12,13)14)5-4-9(17)19-3/h8,15H,4-7H2,1-3H3. The first-order valence-electron chi connectivity index (χ1n) is 5.78. The highest BCUT2D eigenvalue weighted by Gasteiger charge is 2.34. The van der Waals surface area contributed by atoms with Crippen molar-refractivity contribution in [1.82, 2.24) is 10.2 Å². The molecule has 0 aromatic rings. The molecule has 112 valence electrons. The molecule has 8 heteroatoms. The summed E-state index contributed by atoms with van der Waals surface area (Å²) in [5, 5.41) is 2.72. The van der Waals surface area contributed by atoms with Crippen molar-refractivity contribution in [2.45, 2.75) is 19.5 Å². The van der Waals surface area contributed by atoms with E-state index in [9.17, 15) is 22.8 Å². The van der Waals surface area contributed by atoms with Crippen molar-refractivity contribution in [2.24, 2.45) is 5.92 Å². The molecule has 0 aliphatic carbocycles. The van der Waals surface area contributed by atoms with Gasteiger partial charge in [0.2, 0.25) is 5.91 Å². The van der Waals surface area contributed by atoms with Gasteiger partial charge < -0.3 is 15.0 Å². The number of carbonyl (C=O) groups is 2. The molecule has 0 aliphatic rings. The van der Waals surface area contributed by atoms with E-state index in [0.717, 1.165) is 7.11 Å². The van der Waals surface area contributed by atoms with Crippen LogP contribution in [0.25, 0.3) is 0 Å². The highest BCUT2D eigenvalue weighted by atomic mass is 19.4. The van der Waals surface area contributed by atoms with Crippen LogP contribution in [0.5, 0.6) is 0 Å². The van der Waals surface area contributed by atoms with E-state index in [0.29, 0.717) is 4.90 Å². The van der Waals surface area contributed by atoms with Crippen molar-refractivity contribution in [2.75, 3.05) is 33.8 Å². The number of hydrogen-bond acceptors (Lipinski definition) is 4. The van der Waals surface area contributed by atoms with Gasteiger partial charge in [-0.05, 0) is 7.05 Å². The van der Waals surface area contributed by atoms with Gasteiger partial charge in [0.15, 0.2) is 0 Å². The fourth-order valence-corrected chi connectivity index (χ4v) is 1.52. The predicted molar refractivity (Wildman–Crippen MR) is 62.4 cm³/mol. The highest BCUT2D eigenvalue weighted by molar-refractivity contribution is 5.79. The quantitative estimate of drug-likeness (QED) is 0.702. The number of nitrogens with zero attached hydrogens (tertiary/aromatic N) is 1. The minimum Gasteiger partial charge on any atom is -0.469 e. The smallest absolute Gasteiger partial charge is 0.406 e. The molecule has 1 N–H and O–H groups in total. The average Bonchev–Trinajstić information content (AvgIpc) is 2.31. The fourth-order valence-electron chi connectivity index (χ4n) is 1.52. The number of esters is 1. The van der Waals surface area contributed by atoms with Gasteiger partial charge in [-0.25, -0.2) is 0 Å². The lowest BCUT2D eigenvalue weighted by Crippen LogP contribution is -2.44. The van der Waals surface area contributed by atoms with E-state index in [4.69, 9.17) is 0 Å². The van der Waals surface area contributed by atoms with Crippen LogP contribution in [-0.4, -0.2) is 56.7 Å². The number of nitrogens with one attached hydrogen (secondary N) is 1. The van der Waals surface area contributed by atoms with Crippen LogP contribution in [0.15, 0.2) is 0 Å². The summed E-state index contributed by atoms with van der Waals surface area (Å²) in [5.74, 6) is -1.89. The Hall–Kier alpha value is -1.31. The lowest BCUT2D eigenvalue weighted by atomic mass is 10.1. The molecule has 0 aliphatic heterocycles. The van der Waals surface area contributed by atoms with Gasteiger partial charge in [0.05, 0.1) is 13.5 Å². The molecular weight excluding hydrogens is 265 g/mol. The maximum atomic E-state index is 12.4. The summed E-state index contributed by atoms with van der Waals surface area (Å²) in [6.07, 6.45) is -4.75. The first-order chi connectivity index (χ1) is 8.71. The Bertz CT molecular complexity index is 308. The lowest BCUT2D eigenvalue weighted by molar-refractivity contribution is -0.164. The van der Waals surface area contributed by atoms with E-state index in [1.54, 1.807) is 7.05 Å². The molecular formula is C11H19F3N2O3. The zero-order chi connectivity index (χ0) is 15.1. The zero-order valence-electron chi connectivity index (χ0n) is 11.2. The molecule has 1 atom stereocenters. The molecule has 0 saturated carbocycles. The second-order valence-corrected chi connectivity index (χ2v) is 4.16. The summed E-state index contributed by atoms with van der Waals surface area (Å²) in [4.78, 5) is 23.4. The molecule has 0 rings (SSSR count). The van der Waals surface area contributed by atoms with Gasteiger partial charge in [-0.15, -0.1) is 0 Å². The Balaban J connectivity index is 4.65. The van der Waals surface area contributed by atoms with Crippen LogP contribution in [0, 0.1) is 5.92 Å². The predicted octanol–water partition coefficient (Wildman–Crippen LogP) is 0.796. The number of ether oxygens (including phenoxy) is 1. The summed E-state index contributed by atoms with van der Waals surface area (Å²) in [7, 11) is 2.74. The van der Waals surface area contributed by atoms with E-state index in [1.807, 2.05) is 0 Å². The van der Waals surface area contributed by atoms with E-state index in [1.165, 1.54) is 6.92 Å². The topological polar surface area (TPSA) is 58.6 Å². The minimum atomic E-state index is -4.49. The molecule has 0 bridgehead atoms. The van der Waals surface area contributed by atoms with Crippen LogP contribution in [0.4, 0.5) is 13.2 Å². The first kappa shape index (κ1) is 17.7. The van der Waals surface area contributed by atoms with Gasteiger partial charge in [0, 0.05) is 19.0 Å². The molecule has 0 spiro atoms. The maximum absolute atomic E-state index is 12.4. The van der Waals surface area contributed by atoms with Gasteiger partial charge in [-0.3, -0.25) is 9.59 Å². The monoisotopic (exact) mass is 284 g/mol. The summed E-state index contributed by atoms with van der Waals surface area (Å²) in [6, 6.07) is 0. The molecule has 0 radical (unpaired) electrons. The Morgan fingerprint density at radius 3 is 2.37 bits per heavy atom. The van der Waals surface area contributed by atoms with E-state index in [2.05, 4.69) is 10.1 Å². The van der Waals surface area contributed by atoms with E-state index in [-0.39, 0.29) is 19.5 Å². The third-order valence-corrected chi connectivity index (χ3v) is 2.43. The number of alkyl halides is 3. The molecule has 1 amide bonds. The average molecular weight is 284 g/mol. The lowest BCUT2D eigenvalue weighted by Gasteiger charge is -2.26. The number of carbonyl (C=O) groups excluding carboxylic acids is 2. The van der Waals surface area contributed by atoms with Crippen LogP contribution in [0.1, 0.15) is 13.3 Å². The van der Waals surface area contributed by atoms with Gasteiger partial charge in [0.25, 0.3) is 0 Å². The molecule has 5 nitrogen and oxygen atoms in total. The van der Waals surface area contributed by atoms with Crippen LogP contribution in [-0.2, 0) is 14.3 Å². The molecule has 0 heterocycles. The molecule has 1 unspecified atom stereocenters. The highest BCUT2D eigenvalue weighted by Crippen LogP contribution is 2.18. The molecule has 19 heavy (non-hydrogen) atoms. The SMILES string of the molecule is CNCC(C)C(=O)N(CCC(=O)OC)CC(F)(F)F. The second-order valence-electron chi connectivity index (χ2n) is 4.16. The zero-order valence-corrected chi connectivity index (χ0v) is 11.2. The summed E-state index contributed by atoms with van der Waals surface area (Å²) < 4.78 is 41.5. The number of halogens is 3. The van der Waals surface area contributed by atoms with Crippen molar-refractivity contribution in [3.05, 3.63) is 0 Å². The van der Waals surface area contributed by atoms with Crippen molar-refractivity contribution >= 4 is 11.9 Å². The third-order valence-electron chi connectivity index (χ3n) is 2.43. The first-order valence-corrected chi connectivity index (χ1v) is 5.78. The Morgan fingerprint density at radius 1 is 1.37 bits per heavy atom. The van der Waals surface area contributed by atoms with Gasteiger partial charge >= 0.3 is 12.1 Å². The molecule has 0 aromatic heterocycles. The largest absolute Gasteiger partial charge is 0.469 e. The van der Waals surface area contributed by atoms with Gasteiger partial charge in [-0.1, -0.05) is 6.92 Å². The number of methoxy groups -OCH3 is 1. The van der Waals surface area contributed by atoms with Crippen molar-refractivity contribution < 1.29 is 27.5 Å². The van der Waals surface area contributed by atoms with E-state index < -0.39 is 30.5 Å². The third kappa shape index (κ3) is 7.66.